The quantitative estimate of drug-likeness (QED) is 0.635. The second kappa shape index (κ2) is 6.39. The molecule has 19 heavy (non-hydrogen) atoms. The van der Waals surface area contributed by atoms with Gasteiger partial charge in [-0.05, 0) is 29.8 Å². The van der Waals surface area contributed by atoms with Crippen molar-refractivity contribution in [1.29, 1.82) is 0 Å². The maximum Gasteiger partial charge on any atom is 0.118 e. The van der Waals surface area contributed by atoms with E-state index in [-0.39, 0.29) is 0 Å². The predicted molar refractivity (Wildman–Crippen MR) is 89.1 cm³/mol. The molecular weight excluding hydrogens is 312 g/mol. The minimum absolute atomic E-state index is 0.438. The molecule has 1 heterocycles. The van der Waals surface area contributed by atoms with Crippen LogP contribution in [0.25, 0.3) is 0 Å². The molecule has 0 spiro atoms. The average molecular weight is 325 g/mol. The van der Waals surface area contributed by atoms with Crippen LogP contribution >= 0.6 is 43.2 Å². The molecule has 0 N–H and O–H groups in total. The van der Waals surface area contributed by atoms with Gasteiger partial charge in [-0.2, -0.15) is 0 Å². The van der Waals surface area contributed by atoms with Crippen molar-refractivity contribution in [3.05, 3.63) is 54.1 Å². The fourth-order valence-corrected chi connectivity index (χ4v) is 8.40. The molecule has 0 aromatic heterocycles. The Balaban J connectivity index is 1.77. The van der Waals surface area contributed by atoms with Gasteiger partial charge in [0, 0.05) is 9.79 Å². The van der Waals surface area contributed by atoms with Gasteiger partial charge in [0.25, 0.3) is 0 Å². The average Bonchev–Trinajstić information content (AvgIpc) is 2.70. The highest BCUT2D eigenvalue weighted by Gasteiger charge is 2.20. The molecule has 0 amide bonds. The summed E-state index contributed by atoms with van der Waals surface area (Å²) in [5, 5.41) is 0. The van der Waals surface area contributed by atoms with Crippen LogP contribution in [0.4, 0.5) is 0 Å². The van der Waals surface area contributed by atoms with E-state index in [4.69, 9.17) is 4.74 Å². The Morgan fingerprint density at radius 2 is 1.42 bits per heavy atom. The number of fused-ring (bicyclic) bond motifs is 1. The minimum Gasteiger partial charge on any atom is -0.497 e. The molecule has 5 heteroatoms. The van der Waals surface area contributed by atoms with Crippen LogP contribution in [0.15, 0.2) is 58.3 Å². The van der Waals surface area contributed by atoms with Crippen molar-refractivity contribution in [1.82, 2.24) is 0 Å². The van der Waals surface area contributed by atoms with Gasteiger partial charge in [0.2, 0.25) is 0 Å². The molecule has 0 bridgehead atoms. The maximum absolute atomic E-state index is 5.21. The molecule has 0 fully saturated rings. The van der Waals surface area contributed by atoms with E-state index in [0.717, 1.165) is 5.75 Å². The lowest BCUT2D eigenvalue weighted by Crippen LogP contribution is -1.87. The summed E-state index contributed by atoms with van der Waals surface area (Å²) in [7, 11) is 9.26. The van der Waals surface area contributed by atoms with Crippen LogP contribution in [0.5, 0.6) is 5.75 Å². The van der Waals surface area contributed by atoms with Crippen LogP contribution in [0, 0.1) is 0 Å². The summed E-state index contributed by atoms with van der Waals surface area (Å²) in [5.74, 6) is 0.913. The summed E-state index contributed by atoms with van der Waals surface area (Å²) in [4.78, 5) is 2.72. The first kappa shape index (κ1) is 13.6. The van der Waals surface area contributed by atoms with E-state index >= 15 is 0 Å². The predicted octanol–water partition coefficient (Wildman–Crippen LogP) is 5.89. The van der Waals surface area contributed by atoms with Gasteiger partial charge in [-0.25, -0.2) is 0 Å². The van der Waals surface area contributed by atoms with Crippen LogP contribution in [0.1, 0.15) is 10.1 Å². The van der Waals surface area contributed by atoms with E-state index in [1.165, 1.54) is 15.4 Å². The Bertz CT molecular complexity index is 529. The van der Waals surface area contributed by atoms with Crippen LogP contribution in [0.3, 0.4) is 0 Å². The molecule has 0 atom stereocenters. The third-order valence-electron chi connectivity index (χ3n) is 2.69. The van der Waals surface area contributed by atoms with Gasteiger partial charge in [-0.3, -0.25) is 0 Å². The first-order chi connectivity index (χ1) is 9.36. The lowest BCUT2D eigenvalue weighted by atomic mass is 10.2. The molecule has 2 aromatic carbocycles. The van der Waals surface area contributed by atoms with Crippen LogP contribution < -0.4 is 4.74 Å². The second-order valence-corrected chi connectivity index (χ2v) is 8.90. The van der Waals surface area contributed by atoms with Gasteiger partial charge in [-0.15, -0.1) is 0 Å². The number of rotatable bonds is 2. The van der Waals surface area contributed by atoms with Crippen LogP contribution in [-0.4, -0.2) is 7.11 Å². The lowest BCUT2D eigenvalue weighted by Gasteiger charge is -2.12. The molecular formula is C14H12OS4. The van der Waals surface area contributed by atoms with Gasteiger partial charge >= 0.3 is 0 Å². The van der Waals surface area contributed by atoms with E-state index in [1.54, 1.807) is 7.11 Å². The second-order valence-electron chi connectivity index (χ2n) is 3.91. The SMILES string of the molecule is COc1ccc(C2SSc3ccccc3SS2)cc1. The highest BCUT2D eigenvalue weighted by atomic mass is 33.1. The highest BCUT2D eigenvalue weighted by Crippen LogP contribution is 2.59. The standard InChI is InChI=1S/C14H12OS4/c1-15-11-8-6-10(7-9-11)14-18-16-12-4-2-3-5-13(12)17-19-14/h2-9,14H,1H3. The first-order valence-corrected chi connectivity index (χ1v) is 10.2. The summed E-state index contributed by atoms with van der Waals surface area (Å²) in [6.07, 6.45) is 0. The molecule has 0 saturated carbocycles. The minimum atomic E-state index is 0.438. The smallest absolute Gasteiger partial charge is 0.118 e. The van der Waals surface area contributed by atoms with Crippen molar-refractivity contribution < 1.29 is 4.74 Å². The molecule has 1 aliphatic rings. The summed E-state index contributed by atoms with van der Waals surface area (Å²) < 4.78 is 5.65. The zero-order valence-corrected chi connectivity index (χ0v) is 13.5. The molecule has 0 unspecified atom stereocenters. The maximum atomic E-state index is 5.21. The largest absolute Gasteiger partial charge is 0.497 e. The lowest BCUT2D eigenvalue weighted by molar-refractivity contribution is 0.414. The topological polar surface area (TPSA) is 9.23 Å². The third kappa shape index (κ3) is 3.21. The highest BCUT2D eigenvalue weighted by molar-refractivity contribution is 8.86. The van der Waals surface area contributed by atoms with E-state index in [1.807, 2.05) is 55.3 Å². The molecule has 0 radical (unpaired) electrons. The normalized spacial score (nSPS) is 15.6. The molecule has 1 nitrogen and oxygen atoms in total. The number of benzene rings is 2. The molecule has 0 saturated heterocycles. The van der Waals surface area contributed by atoms with E-state index in [9.17, 15) is 0 Å². The Labute approximate surface area is 129 Å². The van der Waals surface area contributed by atoms with Crippen molar-refractivity contribution in [3.63, 3.8) is 0 Å². The number of hydrogen-bond donors (Lipinski definition) is 0. The number of ether oxygens (including phenoxy) is 1. The molecule has 98 valence electrons. The van der Waals surface area contributed by atoms with Gasteiger partial charge < -0.3 is 4.74 Å². The van der Waals surface area contributed by atoms with Crippen molar-refractivity contribution >= 4 is 43.2 Å². The van der Waals surface area contributed by atoms with Crippen molar-refractivity contribution in [3.8, 4) is 5.75 Å². The van der Waals surface area contributed by atoms with E-state index < -0.39 is 0 Å². The number of hydrogen-bond acceptors (Lipinski definition) is 5. The van der Waals surface area contributed by atoms with Gasteiger partial charge in [-0.1, -0.05) is 67.4 Å². The first-order valence-electron chi connectivity index (χ1n) is 5.76. The Morgan fingerprint density at radius 3 is 1.95 bits per heavy atom. The summed E-state index contributed by atoms with van der Waals surface area (Å²) in [5.41, 5.74) is 1.34. The monoisotopic (exact) mass is 324 g/mol. The molecule has 2 aromatic rings. The molecule has 0 aliphatic carbocycles. The Morgan fingerprint density at radius 1 is 0.842 bits per heavy atom. The third-order valence-corrected chi connectivity index (χ3v) is 9.09. The van der Waals surface area contributed by atoms with Crippen LogP contribution in [0.2, 0.25) is 0 Å². The van der Waals surface area contributed by atoms with Gasteiger partial charge in [0.05, 0.1) is 11.7 Å². The zero-order valence-electron chi connectivity index (χ0n) is 10.2. The van der Waals surface area contributed by atoms with E-state index in [2.05, 4.69) is 36.4 Å². The fourth-order valence-electron chi connectivity index (χ4n) is 1.67. The number of methoxy groups -OCH3 is 1. The fraction of sp³-hybridized carbons (Fsp3) is 0.143. The summed E-state index contributed by atoms with van der Waals surface area (Å²) in [6.45, 7) is 0. The summed E-state index contributed by atoms with van der Waals surface area (Å²) >= 11 is 0. The summed E-state index contributed by atoms with van der Waals surface area (Å²) in [6, 6.07) is 17.0. The van der Waals surface area contributed by atoms with Crippen molar-refractivity contribution in [2.24, 2.45) is 0 Å². The Kier molecular flexibility index (Phi) is 4.58. The van der Waals surface area contributed by atoms with Crippen molar-refractivity contribution in [2.75, 3.05) is 7.11 Å². The van der Waals surface area contributed by atoms with Gasteiger partial charge in [0.15, 0.2) is 0 Å². The van der Waals surface area contributed by atoms with Crippen LogP contribution in [-0.2, 0) is 0 Å². The van der Waals surface area contributed by atoms with Gasteiger partial charge in [0.1, 0.15) is 5.75 Å². The molecule has 1 aliphatic heterocycles. The molecule has 3 rings (SSSR count). The Hall–Kier alpha value is -0.360. The zero-order chi connectivity index (χ0) is 13.1. The van der Waals surface area contributed by atoms with Crippen molar-refractivity contribution in [2.45, 2.75) is 14.4 Å². The van der Waals surface area contributed by atoms with E-state index in [0.29, 0.717) is 4.58 Å².